The molecule has 0 saturated carbocycles. The van der Waals surface area contributed by atoms with E-state index in [1.807, 2.05) is 38.1 Å². The molecule has 1 unspecified atom stereocenters. The second-order valence-corrected chi connectivity index (χ2v) is 4.15. The number of carbonyl (C=O) groups is 1. The van der Waals surface area contributed by atoms with Crippen molar-refractivity contribution in [3.63, 3.8) is 0 Å². The van der Waals surface area contributed by atoms with E-state index in [1.54, 1.807) is 4.90 Å². The van der Waals surface area contributed by atoms with Crippen molar-refractivity contribution in [3.05, 3.63) is 29.8 Å². The number of amides is 2. The summed E-state index contributed by atoms with van der Waals surface area (Å²) in [6.07, 6.45) is 0. The monoisotopic (exact) mass is 251 g/mol. The Balaban J connectivity index is 2.71. The maximum Gasteiger partial charge on any atom is 0.321 e. The molecule has 1 rings (SSSR count). The number of hydrogen-bond acceptors (Lipinski definition) is 3. The molecule has 0 heterocycles. The topological polar surface area (TPSA) is 78.6 Å². The molecule has 0 radical (unpaired) electrons. The molecule has 0 aromatic heterocycles. The van der Waals surface area contributed by atoms with Crippen LogP contribution < -0.4 is 11.1 Å². The van der Waals surface area contributed by atoms with Crippen LogP contribution in [0, 0.1) is 0 Å². The molecule has 5 heteroatoms. The molecule has 1 aromatic carbocycles. The summed E-state index contributed by atoms with van der Waals surface area (Å²) < 4.78 is 0. The van der Waals surface area contributed by atoms with Crippen molar-refractivity contribution in [1.82, 2.24) is 4.90 Å². The van der Waals surface area contributed by atoms with Crippen LogP contribution in [0.25, 0.3) is 0 Å². The van der Waals surface area contributed by atoms with Gasteiger partial charge in [0.2, 0.25) is 0 Å². The summed E-state index contributed by atoms with van der Waals surface area (Å²) in [5.41, 5.74) is 7.48. The molecule has 0 fully saturated rings. The quantitative estimate of drug-likeness (QED) is 0.743. The average molecular weight is 251 g/mol. The fourth-order valence-corrected chi connectivity index (χ4v) is 1.63. The number of rotatable bonds is 5. The Morgan fingerprint density at radius 1 is 1.56 bits per heavy atom. The zero-order valence-corrected chi connectivity index (χ0v) is 10.9. The highest BCUT2D eigenvalue weighted by molar-refractivity contribution is 5.89. The van der Waals surface area contributed by atoms with Crippen LogP contribution in [-0.4, -0.2) is 35.7 Å². The normalized spacial score (nSPS) is 12.0. The third kappa shape index (κ3) is 4.01. The minimum Gasteiger partial charge on any atom is -0.395 e. The summed E-state index contributed by atoms with van der Waals surface area (Å²) in [7, 11) is 0. The van der Waals surface area contributed by atoms with Crippen LogP contribution in [0.1, 0.15) is 25.5 Å². The number of carbonyl (C=O) groups excluding carboxylic acids is 1. The Hall–Kier alpha value is -1.59. The highest BCUT2D eigenvalue weighted by Gasteiger charge is 2.11. The molecule has 4 N–H and O–H groups in total. The second kappa shape index (κ2) is 6.98. The lowest BCUT2D eigenvalue weighted by Crippen LogP contribution is -2.36. The lowest BCUT2D eigenvalue weighted by Gasteiger charge is -2.20. The van der Waals surface area contributed by atoms with E-state index in [9.17, 15) is 4.79 Å². The number of hydrogen-bond donors (Lipinski definition) is 3. The molecular formula is C13H21N3O2. The fraction of sp³-hybridized carbons (Fsp3) is 0.462. The summed E-state index contributed by atoms with van der Waals surface area (Å²) in [6.45, 7) is 4.61. The van der Waals surface area contributed by atoms with Crippen molar-refractivity contribution in [2.45, 2.75) is 19.9 Å². The van der Waals surface area contributed by atoms with Crippen LogP contribution in [-0.2, 0) is 0 Å². The van der Waals surface area contributed by atoms with E-state index in [-0.39, 0.29) is 18.7 Å². The van der Waals surface area contributed by atoms with E-state index < -0.39 is 0 Å². The van der Waals surface area contributed by atoms with Crippen molar-refractivity contribution in [2.24, 2.45) is 5.73 Å². The number of anilines is 1. The summed E-state index contributed by atoms with van der Waals surface area (Å²) >= 11 is 0. The van der Waals surface area contributed by atoms with Gasteiger partial charge in [0.1, 0.15) is 0 Å². The zero-order valence-electron chi connectivity index (χ0n) is 10.9. The summed E-state index contributed by atoms with van der Waals surface area (Å²) in [4.78, 5) is 13.4. The third-order valence-corrected chi connectivity index (χ3v) is 2.70. The number of nitrogens with zero attached hydrogens (tertiary/aromatic N) is 1. The standard InChI is InChI=1S/C13H21N3O2/c1-3-16(7-8-17)13(18)15-12-6-4-5-11(9-12)10(2)14/h4-6,9-10,17H,3,7-8,14H2,1-2H3,(H,15,18). The summed E-state index contributed by atoms with van der Waals surface area (Å²) in [5.74, 6) is 0. The van der Waals surface area contributed by atoms with Crippen molar-refractivity contribution in [3.8, 4) is 0 Å². The van der Waals surface area contributed by atoms with Gasteiger partial charge in [-0.1, -0.05) is 12.1 Å². The predicted molar refractivity (Wildman–Crippen MR) is 72.4 cm³/mol. The van der Waals surface area contributed by atoms with Gasteiger partial charge >= 0.3 is 6.03 Å². The van der Waals surface area contributed by atoms with Crippen LogP contribution >= 0.6 is 0 Å². The first kappa shape index (κ1) is 14.5. The molecule has 0 saturated heterocycles. The van der Waals surface area contributed by atoms with Gasteiger partial charge in [-0.3, -0.25) is 0 Å². The van der Waals surface area contributed by atoms with Crippen LogP contribution in [0.2, 0.25) is 0 Å². The van der Waals surface area contributed by atoms with Crippen LogP contribution in [0.4, 0.5) is 10.5 Å². The van der Waals surface area contributed by atoms with E-state index >= 15 is 0 Å². The lowest BCUT2D eigenvalue weighted by atomic mass is 10.1. The van der Waals surface area contributed by atoms with Gasteiger partial charge in [-0.15, -0.1) is 0 Å². The Morgan fingerprint density at radius 3 is 2.83 bits per heavy atom. The number of nitrogens with one attached hydrogen (secondary N) is 1. The highest BCUT2D eigenvalue weighted by Crippen LogP contribution is 2.15. The van der Waals surface area contributed by atoms with Crippen LogP contribution in [0.3, 0.4) is 0 Å². The first-order valence-corrected chi connectivity index (χ1v) is 6.10. The molecule has 5 nitrogen and oxygen atoms in total. The molecule has 0 aliphatic rings. The largest absolute Gasteiger partial charge is 0.395 e. The first-order valence-electron chi connectivity index (χ1n) is 6.10. The van der Waals surface area contributed by atoms with E-state index in [1.165, 1.54) is 0 Å². The highest BCUT2D eigenvalue weighted by atomic mass is 16.3. The number of aliphatic hydroxyl groups is 1. The number of aliphatic hydroxyl groups excluding tert-OH is 1. The number of benzene rings is 1. The molecule has 0 bridgehead atoms. The van der Waals surface area contributed by atoms with Crippen molar-refractivity contribution < 1.29 is 9.90 Å². The molecule has 0 spiro atoms. The Morgan fingerprint density at radius 2 is 2.28 bits per heavy atom. The maximum absolute atomic E-state index is 11.9. The van der Waals surface area contributed by atoms with Gasteiger partial charge in [-0.05, 0) is 31.5 Å². The third-order valence-electron chi connectivity index (χ3n) is 2.70. The van der Waals surface area contributed by atoms with Gasteiger partial charge in [-0.25, -0.2) is 4.79 Å². The summed E-state index contributed by atoms with van der Waals surface area (Å²) in [5, 5.41) is 11.7. The van der Waals surface area contributed by atoms with Crippen molar-refractivity contribution in [1.29, 1.82) is 0 Å². The zero-order chi connectivity index (χ0) is 13.5. The average Bonchev–Trinajstić information content (AvgIpc) is 2.36. The minimum absolute atomic E-state index is 0.0405. The van der Waals surface area contributed by atoms with E-state index in [2.05, 4.69) is 5.32 Å². The predicted octanol–water partition coefficient (Wildman–Crippen LogP) is 1.55. The smallest absolute Gasteiger partial charge is 0.321 e. The van der Waals surface area contributed by atoms with Crippen molar-refractivity contribution in [2.75, 3.05) is 25.0 Å². The second-order valence-electron chi connectivity index (χ2n) is 4.15. The minimum atomic E-state index is -0.214. The SMILES string of the molecule is CCN(CCO)C(=O)Nc1cccc(C(C)N)c1. The van der Waals surface area contributed by atoms with E-state index in [0.717, 1.165) is 5.56 Å². The number of likely N-dealkylation sites (N-methyl/N-ethyl adjacent to an activating group) is 1. The molecule has 1 atom stereocenters. The molecular weight excluding hydrogens is 230 g/mol. The Bertz CT molecular complexity index is 394. The first-order chi connectivity index (χ1) is 8.58. The van der Waals surface area contributed by atoms with Crippen LogP contribution in [0.5, 0.6) is 0 Å². The lowest BCUT2D eigenvalue weighted by molar-refractivity contribution is 0.192. The molecule has 100 valence electrons. The molecule has 18 heavy (non-hydrogen) atoms. The number of urea groups is 1. The van der Waals surface area contributed by atoms with Gasteiger partial charge in [0.25, 0.3) is 0 Å². The van der Waals surface area contributed by atoms with E-state index in [4.69, 9.17) is 10.8 Å². The van der Waals surface area contributed by atoms with Gasteiger partial charge in [0.15, 0.2) is 0 Å². The molecule has 2 amide bonds. The molecule has 0 aliphatic carbocycles. The van der Waals surface area contributed by atoms with Gasteiger partial charge in [0.05, 0.1) is 6.61 Å². The van der Waals surface area contributed by atoms with Gasteiger partial charge in [0, 0.05) is 24.8 Å². The molecule has 0 aliphatic heterocycles. The van der Waals surface area contributed by atoms with Gasteiger partial charge in [-0.2, -0.15) is 0 Å². The molecule has 1 aromatic rings. The van der Waals surface area contributed by atoms with Crippen molar-refractivity contribution >= 4 is 11.7 Å². The number of nitrogens with two attached hydrogens (primary N) is 1. The Kier molecular flexibility index (Phi) is 5.61. The Labute approximate surface area is 108 Å². The van der Waals surface area contributed by atoms with Crippen LogP contribution in [0.15, 0.2) is 24.3 Å². The van der Waals surface area contributed by atoms with E-state index in [0.29, 0.717) is 18.8 Å². The fourth-order valence-electron chi connectivity index (χ4n) is 1.63. The van der Waals surface area contributed by atoms with Gasteiger partial charge < -0.3 is 21.1 Å². The summed E-state index contributed by atoms with van der Waals surface area (Å²) in [6, 6.07) is 7.17. The maximum atomic E-state index is 11.9.